The molecule has 3 aromatic rings. The molecule has 0 aromatic heterocycles. The van der Waals surface area contributed by atoms with Crippen LogP contribution >= 0.6 is 0 Å². The number of nitrogens with two attached hydrogens (primary N) is 1. The number of rotatable bonds is 15. The molecule has 1 spiro atoms. The number of ether oxygens (including phenoxy) is 2. The lowest BCUT2D eigenvalue weighted by molar-refractivity contribution is -0.121. The molecule has 0 bridgehead atoms. The second kappa shape index (κ2) is 16.7. The summed E-state index contributed by atoms with van der Waals surface area (Å²) < 4.78 is 12.0. The minimum absolute atomic E-state index is 0.00406. The molecule has 0 unspecified atom stereocenters. The Morgan fingerprint density at radius 1 is 0.902 bits per heavy atom. The van der Waals surface area contributed by atoms with Crippen LogP contribution in [0.3, 0.4) is 0 Å². The van der Waals surface area contributed by atoms with E-state index >= 15 is 0 Å². The van der Waals surface area contributed by atoms with E-state index in [2.05, 4.69) is 29.6 Å². The maximum Gasteiger partial charge on any atom is 0.200 e. The van der Waals surface area contributed by atoms with Gasteiger partial charge in [0.2, 0.25) is 5.75 Å². The number of aliphatic hydroxyl groups is 1. The Morgan fingerprint density at radius 2 is 1.65 bits per heavy atom. The van der Waals surface area contributed by atoms with Gasteiger partial charge in [0.15, 0.2) is 23.0 Å². The van der Waals surface area contributed by atoms with E-state index in [9.17, 15) is 25.2 Å². The van der Waals surface area contributed by atoms with Crippen LogP contribution in [0, 0.1) is 5.41 Å². The molecule has 7 N–H and O–H groups in total. The molecule has 3 atom stereocenters. The Balaban J connectivity index is 1.24. The molecule has 1 aliphatic heterocycles. The molecule has 3 aromatic carbocycles. The SMILES string of the molecule is NCOc1cc(CCC(=O)C[C@H](O)C[C@H](CC2(c3ccccc3)CCCCC2)c2cc(O)c(O)c(O[C@@H]3CCNCC34CCCC4)c2)ccc1O. The van der Waals surface area contributed by atoms with Gasteiger partial charge in [0.1, 0.15) is 18.6 Å². The Bertz CT molecular complexity index is 1600. The van der Waals surface area contributed by atoms with Crippen LogP contribution in [-0.4, -0.2) is 58.2 Å². The number of Topliss-reactive ketones (excluding diaryl/α,β-unsaturated/α-hetero) is 1. The second-order valence-corrected chi connectivity index (χ2v) is 15.4. The van der Waals surface area contributed by atoms with E-state index in [0.29, 0.717) is 18.6 Å². The topological polar surface area (TPSA) is 154 Å². The van der Waals surface area contributed by atoms with Crippen molar-refractivity contribution in [2.24, 2.45) is 11.1 Å². The van der Waals surface area contributed by atoms with Crippen molar-refractivity contribution in [1.82, 2.24) is 5.32 Å². The lowest BCUT2D eigenvalue weighted by Gasteiger charge is -2.42. The number of hydrogen-bond acceptors (Lipinski definition) is 9. The first-order valence-electron chi connectivity index (χ1n) is 19.0. The largest absolute Gasteiger partial charge is 0.504 e. The van der Waals surface area contributed by atoms with Crippen LogP contribution in [0.25, 0.3) is 0 Å². The van der Waals surface area contributed by atoms with Crippen molar-refractivity contribution < 1.29 is 34.7 Å². The fraction of sp³-hybridized carbons (Fsp3) is 0.548. The molecule has 2 saturated carbocycles. The molecule has 0 radical (unpaired) electrons. The van der Waals surface area contributed by atoms with Crippen molar-refractivity contribution in [3.05, 3.63) is 77.4 Å². The van der Waals surface area contributed by atoms with E-state index < -0.39 is 6.10 Å². The van der Waals surface area contributed by atoms with Gasteiger partial charge in [-0.05, 0) is 110 Å². The average molecular weight is 701 g/mol. The highest BCUT2D eigenvalue weighted by molar-refractivity contribution is 5.79. The molecule has 2 aliphatic carbocycles. The predicted molar refractivity (Wildman–Crippen MR) is 197 cm³/mol. The van der Waals surface area contributed by atoms with Crippen LogP contribution in [0.15, 0.2) is 60.7 Å². The van der Waals surface area contributed by atoms with Gasteiger partial charge in [-0.3, -0.25) is 10.5 Å². The molecule has 1 saturated heterocycles. The number of phenolic OH excluding ortho intramolecular Hbond substituents is 3. The molecular formula is C42H56N2O7. The summed E-state index contributed by atoms with van der Waals surface area (Å²) in [5, 5.41) is 47.4. The van der Waals surface area contributed by atoms with Gasteiger partial charge in [0.05, 0.1) is 6.10 Å². The maximum atomic E-state index is 13.2. The van der Waals surface area contributed by atoms with Crippen molar-refractivity contribution >= 4 is 5.78 Å². The zero-order chi connectivity index (χ0) is 35.8. The van der Waals surface area contributed by atoms with Gasteiger partial charge < -0.3 is 35.2 Å². The highest BCUT2D eigenvalue weighted by atomic mass is 16.5. The Morgan fingerprint density at radius 3 is 2.39 bits per heavy atom. The molecule has 51 heavy (non-hydrogen) atoms. The zero-order valence-electron chi connectivity index (χ0n) is 29.8. The molecule has 3 aliphatic rings. The van der Waals surface area contributed by atoms with E-state index in [1.54, 1.807) is 18.2 Å². The highest BCUT2D eigenvalue weighted by Crippen LogP contribution is 2.51. The second-order valence-electron chi connectivity index (χ2n) is 15.4. The Kier molecular flexibility index (Phi) is 12.1. The number of nitrogens with one attached hydrogen (secondary N) is 1. The monoisotopic (exact) mass is 700 g/mol. The quantitative estimate of drug-likeness (QED) is 0.0719. The molecule has 6 rings (SSSR count). The smallest absolute Gasteiger partial charge is 0.200 e. The third kappa shape index (κ3) is 8.82. The van der Waals surface area contributed by atoms with Crippen LogP contribution in [0.4, 0.5) is 0 Å². The van der Waals surface area contributed by atoms with Crippen LogP contribution in [-0.2, 0) is 16.6 Å². The molecule has 9 nitrogen and oxygen atoms in total. The van der Waals surface area contributed by atoms with Gasteiger partial charge in [0.25, 0.3) is 0 Å². The summed E-state index contributed by atoms with van der Waals surface area (Å²) in [4.78, 5) is 13.2. The zero-order valence-corrected chi connectivity index (χ0v) is 29.8. The standard InChI is InChI=1S/C42H56N2O7/c43-28-50-37-21-29(12-14-35(37)47)11-13-33(45)25-34(46)22-31(26-41(16-5-2-6-17-41)32-9-3-1-4-10-32)30-23-36(48)40(49)38(24-30)51-39-15-20-44-27-42(39)18-7-8-19-42/h1,3-4,9-10,12,14,21,23-24,31,34,39,44,46-49H,2,5-8,11,13,15-20,22,25-28,43H2/t31-,34-,39-/m1/s1. The van der Waals surface area contributed by atoms with Crippen molar-refractivity contribution in [1.29, 1.82) is 0 Å². The molecule has 3 fully saturated rings. The fourth-order valence-corrected chi connectivity index (χ4v) is 9.26. The summed E-state index contributed by atoms with van der Waals surface area (Å²) in [6, 6.07) is 19.1. The lowest BCUT2D eigenvalue weighted by atomic mass is 9.63. The van der Waals surface area contributed by atoms with E-state index in [1.807, 2.05) is 12.1 Å². The first-order valence-corrected chi connectivity index (χ1v) is 19.0. The van der Waals surface area contributed by atoms with Gasteiger partial charge in [0, 0.05) is 24.8 Å². The lowest BCUT2D eigenvalue weighted by Crippen LogP contribution is -2.50. The summed E-state index contributed by atoms with van der Waals surface area (Å²) in [5.41, 5.74) is 8.30. The molecule has 0 amide bonds. The maximum absolute atomic E-state index is 13.2. The van der Waals surface area contributed by atoms with Crippen LogP contribution in [0.1, 0.15) is 112 Å². The van der Waals surface area contributed by atoms with E-state index in [-0.39, 0.29) is 71.2 Å². The molecule has 1 heterocycles. The van der Waals surface area contributed by atoms with E-state index in [4.69, 9.17) is 15.2 Å². The van der Waals surface area contributed by atoms with E-state index in [0.717, 1.165) is 88.4 Å². The highest BCUT2D eigenvalue weighted by Gasteiger charge is 2.45. The number of carbonyl (C=O) groups is 1. The summed E-state index contributed by atoms with van der Waals surface area (Å²) in [6.07, 6.45) is 11.6. The Hall–Kier alpha value is -3.79. The van der Waals surface area contributed by atoms with Crippen LogP contribution < -0.4 is 20.5 Å². The first-order chi connectivity index (χ1) is 24.7. The van der Waals surface area contributed by atoms with Crippen LogP contribution in [0.5, 0.6) is 28.7 Å². The number of benzene rings is 3. The normalized spacial score (nSPS) is 20.9. The third-order valence-electron chi connectivity index (χ3n) is 12.0. The molecular weight excluding hydrogens is 644 g/mol. The Labute approximate surface area is 302 Å². The first kappa shape index (κ1) is 37.0. The molecule has 9 heteroatoms. The number of ketones is 1. The average Bonchev–Trinajstić information content (AvgIpc) is 3.60. The summed E-state index contributed by atoms with van der Waals surface area (Å²) in [5.74, 6) is -0.174. The minimum atomic E-state index is -0.902. The third-order valence-corrected chi connectivity index (χ3v) is 12.0. The van der Waals surface area contributed by atoms with Gasteiger partial charge in [-0.2, -0.15) is 0 Å². The van der Waals surface area contributed by atoms with Crippen molar-refractivity contribution in [3.63, 3.8) is 0 Å². The number of aliphatic hydroxyl groups excluding tert-OH is 1. The number of carbonyl (C=O) groups excluding carboxylic acids is 1. The number of hydrogen-bond donors (Lipinski definition) is 6. The van der Waals surface area contributed by atoms with Crippen LogP contribution in [0.2, 0.25) is 0 Å². The predicted octanol–water partition coefficient (Wildman–Crippen LogP) is 7.12. The van der Waals surface area contributed by atoms with Gasteiger partial charge in [-0.1, -0.05) is 68.5 Å². The summed E-state index contributed by atoms with van der Waals surface area (Å²) >= 11 is 0. The van der Waals surface area contributed by atoms with Crippen molar-refractivity contribution in [2.75, 3.05) is 19.8 Å². The van der Waals surface area contributed by atoms with Gasteiger partial charge in [-0.25, -0.2) is 0 Å². The van der Waals surface area contributed by atoms with Gasteiger partial charge in [-0.15, -0.1) is 0 Å². The summed E-state index contributed by atoms with van der Waals surface area (Å²) in [6.45, 7) is 1.67. The van der Waals surface area contributed by atoms with E-state index in [1.165, 1.54) is 18.1 Å². The summed E-state index contributed by atoms with van der Waals surface area (Å²) in [7, 11) is 0. The number of aromatic hydroxyl groups is 3. The van der Waals surface area contributed by atoms with Crippen molar-refractivity contribution in [3.8, 4) is 28.7 Å². The number of phenols is 3. The number of piperidine rings is 1. The fourth-order valence-electron chi connectivity index (χ4n) is 9.26. The minimum Gasteiger partial charge on any atom is -0.504 e. The van der Waals surface area contributed by atoms with Gasteiger partial charge >= 0.3 is 0 Å². The molecule has 276 valence electrons. The van der Waals surface area contributed by atoms with Crippen molar-refractivity contribution in [2.45, 2.75) is 120 Å². The number of aryl methyl sites for hydroxylation is 1.